The first-order valence-corrected chi connectivity index (χ1v) is 9.03. The molecule has 1 aliphatic heterocycles. The number of nitrogens with zero attached hydrogens (tertiary/aromatic N) is 1. The zero-order valence-electron chi connectivity index (χ0n) is 14.6. The van der Waals surface area contributed by atoms with Crippen molar-refractivity contribution < 1.29 is 0 Å². The van der Waals surface area contributed by atoms with Crippen LogP contribution in [0, 0.1) is 5.92 Å². The minimum absolute atomic E-state index is 0. The molecule has 0 bridgehead atoms. The number of likely N-dealkylation sites (tertiary alicyclic amines) is 1. The Morgan fingerprint density at radius 2 is 1.57 bits per heavy atom. The van der Waals surface area contributed by atoms with Gasteiger partial charge in [0.15, 0.2) is 0 Å². The molecule has 1 aliphatic rings. The third-order valence-corrected chi connectivity index (χ3v) is 4.84. The highest BCUT2D eigenvalue weighted by atomic mass is 35.5. The summed E-state index contributed by atoms with van der Waals surface area (Å²) in [5.74, 6) is 0.915. The SMILES string of the molecule is CCCCCCCCC(C)C1CCCCN1CCC.Cl.Cl. The number of piperidine rings is 1. The van der Waals surface area contributed by atoms with Crippen LogP contribution in [0.2, 0.25) is 0 Å². The Bertz CT molecular complexity index is 209. The van der Waals surface area contributed by atoms with Crippen LogP contribution in [0.4, 0.5) is 0 Å². The molecule has 130 valence electrons. The molecule has 0 spiro atoms. The summed E-state index contributed by atoms with van der Waals surface area (Å²) in [6, 6.07) is 0.893. The molecule has 0 saturated carbocycles. The molecule has 2 atom stereocenters. The van der Waals surface area contributed by atoms with E-state index in [1.165, 1.54) is 83.7 Å². The van der Waals surface area contributed by atoms with Crippen LogP contribution in [0.1, 0.15) is 91.4 Å². The normalized spacial score (nSPS) is 20.4. The third-order valence-electron chi connectivity index (χ3n) is 4.84. The molecule has 0 aromatic carbocycles. The molecule has 2 unspecified atom stereocenters. The highest BCUT2D eigenvalue weighted by molar-refractivity contribution is 5.85. The summed E-state index contributed by atoms with van der Waals surface area (Å²) in [6.07, 6.45) is 15.8. The molecule has 1 nitrogen and oxygen atoms in total. The summed E-state index contributed by atoms with van der Waals surface area (Å²) in [5.41, 5.74) is 0. The topological polar surface area (TPSA) is 3.24 Å². The predicted octanol–water partition coefficient (Wildman–Crippen LogP) is 6.48. The van der Waals surface area contributed by atoms with Gasteiger partial charge in [-0.05, 0) is 44.7 Å². The van der Waals surface area contributed by atoms with Crippen molar-refractivity contribution in [1.82, 2.24) is 4.90 Å². The molecule has 0 aliphatic carbocycles. The number of hydrogen-bond donors (Lipinski definition) is 0. The highest BCUT2D eigenvalue weighted by Crippen LogP contribution is 2.27. The lowest BCUT2D eigenvalue weighted by Gasteiger charge is -2.39. The van der Waals surface area contributed by atoms with E-state index in [2.05, 4.69) is 25.7 Å². The van der Waals surface area contributed by atoms with Gasteiger partial charge >= 0.3 is 0 Å². The first-order chi connectivity index (χ1) is 9.29. The van der Waals surface area contributed by atoms with Gasteiger partial charge in [-0.15, -0.1) is 24.8 Å². The second-order valence-corrected chi connectivity index (χ2v) is 6.63. The fourth-order valence-corrected chi connectivity index (χ4v) is 3.67. The van der Waals surface area contributed by atoms with Crippen molar-refractivity contribution in [2.24, 2.45) is 5.92 Å². The third kappa shape index (κ3) is 10.0. The Morgan fingerprint density at radius 3 is 2.24 bits per heavy atom. The molecule has 1 saturated heterocycles. The molecule has 0 amide bonds. The fourth-order valence-electron chi connectivity index (χ4n) is 3.67. The van der Waals surface area contributed by atoms with E-state index in [-0.39, 0.29) is 24.8 Å². The lowest BCUT2D eigenvalue weighted by atomic mass is 9.87. The monoisotopic (exact) mass is 339 g/mol. The molecule has 1 heterocycles. The van der Waals surface area contributed by atoms with Gasteiger partial charge in [-0.1, -0.05) is 65.7 Å². The van der Waals surface area contributed by atoms with Gasteiger partial charge in [0.25, 0.3) is 0 Å². The van der Waals surface area contributed by atoms with Gasteiger partial charge in [-0.3, -0.25) is 0 Å². The van der Waals surface area contributed by atoms with E-state index in [0.29, 0.717) is 0 Å². The Hall–Kier alpha value is 0.540. The van der Waals surface area contributed by atoms with Crippen molar-refractivity contribution in [3.05, 3.63) is 0 Å². The smallest absolute Gasteiger partial charge is 0.0121 e. The maximum atomic E-state index is 2.78. The molecule has 21 heavy (non-hydrogen) atoms. The van der Waals surface area contributed by atoms with Gasteiger partial charge in [0.1, 0.15) is 0 Å². The molecular formula is C18H39Cl2N. The molecule has 1 rings (SSSR count). The van der Waals surface area contributed by atoms with Crippen LogP contribution in [-0.4, -0.2) is 24.0 Å². The van der Waals surface area contributed by atoms with Gasteiger partial charge in [-0.2, -0.15) is 0 Å². The lowest BCUT2D eigenvalue weighted by Crippen LogP contribution is -2.43. The largest absolute Gasteiger partial charge is 0.300 e. The standard InChI is InChI=1S/C18H37N.2ClH/c1-4-6-7-8-9-10-13-17(3)18-14-11-12-16-19(18)15-5-2;;/h17-18H,4-16H2,1-3H3;2*1H. The zero-order valence-corrected chi connectivity index (χ0v) is 16.2. The molecule has 0 aromatic heterocycles. The average molecular weight is 340 g/mol. The van der Waals surface area contributed by atoms with Crippen LogP contribution >= 0.6 is 24.8 Å². The van der Waals surface area contributed by atoms with E-state index in [1.807, 2.05) is 0 Å². The summed E-state index contributed by atoms with van der Waals surface area (Å²) in [5, 5.41) is 0. The minimum Gasteiger partial charge on any atom is -0.300 e. The molecule has 3 heteroatoms. The van der Waals surface area contributed by atoms with Crippen LogP contribution in [-0.2, 0) is 0 Å². The van der Waals surface area contributed by atoms with E-state index in [1.54, 1.807) is 0 Å². The first-order valence-electron chi connectivity index (χ1n) is 9.03. The van der Waals surface area contributed by atoms with E-state index in [9.17, 15) is 0 Å². The van der Waals surface area contributed by atoms with Crippen LogP contribution in [0.25, 0.3) is 0 Å². The molecule has 1 fully saturated rings. The van der Waals surface area contributed by atoms with Gasteiger partial charge in [-0.25, -0.2) is 0 Å². The fraction of sp³-hybridized carbons (Fsp3) is 1.00. The van der Waals surface area contributed by atoms with Gasteiger partial charge < -0.3 is 4.90 Å². The van der Waals surface area contributed by atoms with Gasteiger partial charge in [0, 0.05) is 6.04 Å². The molecule has 0 radical (unpaired) electrons. The van der Waals surface area contributed by atoms with Crippen molar-refractivity contribution in [1.29, 1.82) is 0 Å². The lowest BCUT2D eigenvalue weighted by molar-refractivity contribution is 0.101. The van der Waals surface area contributed by atoms with Crippen LogP contribution in [0.15, 0.2) is 0 Å². The second kappa shape index (κ2) is 15.4. The Kier molecular flexibility index (Phi) is 17.5. The number of rotatable bonds is 10. The van der Waals surface area contributed by atoms with Gasteiger partial charge in [0.05, 0.1) is 0 Å². The summed E-state index contributed by atoms with van der Waals surface area (Å²) in [6.45, 7) is 9.81. The van der Waals surface area contributed by atoms with Crippen LogP contribution in [0.3, 0.4) is 0 Å². The average Bonchev–Trinajstić information content (AvgIpc) is 2.43. The van der Waals surface area contributed by atoms with Crippen molar-refractivity contribution in [3.8, 4) is 0 Å². The maximum absolute atomic E-state index is 2.78. The quantitative estimate of drug-likeness (QED) is 0.411. The summed E-state index contributed by atoms with van der Waals surface area (Å²) in [7, 11) is 0. The predicted molar refractivity (Wildman–Crippen MR) is 101 cm³/mol. The first kappa shape index (κ1) is 23.8. The van der Waals surface area contributed by atoms with Crippen LogP contribution in [0.5, 0.6) is 0 Å². The number of halogens is 2. The Morgan fingerprint density at radius 1 is 0.905 bits per heavy atom. The van der Waals surface area contributed by atoms with Crippen molar-refractivity contribution in [2.75, 3.05) is 13.1 Å². The molecule has 0 N–H and O–H groups in total. The number of unbranched alkanes of at least 4 members (excludes halogenated alkanes) is 5. The van der Waals surface area contributed by atoms with E-state index in [0.717, 1.165) is 12.0 Å². The van der Waals surface area contributed by atoms with Crippen molar-refractivity contribution in [3.63, 3.8) is 0 Å². The second-order valence-electron chi connectivity index (χ2n) is 6.63. The molecule has 0 aromatic rings. The minimum atomic E-state index is 0. The van der Waals surface area contributed by atoms with E-state index >= 15 is 0 Å². The van der Waals surface area contributed by atoms with Gasteiger partial charge in [0.2, 0.25) is 0 Å². The van der Waals surface area contributed by atoms with E-state index in [4.69, 9.17) is 0 Å². The number of hydrogen-bond acceptors (Lipinski definition) is 1. The highest BCUT2D eigenvalue weighted by Gasteiger charge is 2.25. The molecular weight excluding hydrogens is 301 g/mol. The zero-order chi connectivity index (χ0) is 13.9. The summed E-state index contributed by atoms with van der Waals surface area (Å²) in [4.78, 5) is 2.78. The van der Waals surface area contributed by atoms with E-state index < -0.39 is 0 Å². The summed E-state index contributed by atoms with van der Waals surface area (Å²) < 4.78 is 0. The Labute approximate surface area is 146 Å². The van der Waals surface area contributed by atoms with Crippen molar-refractivity contribution >= 4 is 24.8 Å². The van der Waals surface area contributed by atoms with Crippen LogP contribution < -0.4 is 0 Å². The van der Waals surface area contributed by atoms with Crippen molar-refractivity contribution in [2.45, 2.75) is 97.4 Å². The maximum Gasteiger partial charge on any atom is 0.0121 e. The summed E-state index contributed by atoms with van der Waals surface area (Å²) >= 11 is 0. The Balaban J connectivity index is 0.